The van der Waals surface area contributed by atoms with Crippen molar-refractivity contribution in [2.45, 2.75) is 71.3 Å². The maximum absolute atomic E-state index is 9.45. The summed E-state index contributed by atoms with van der Waals surface area (Å²) in [5.41, 5.74) is 0. The Kier molecular flexibility index (Phi) is 5.70. The molecule has 0 aromatic carbocycles. The van der Waals surface area contributed by atoms with Gasteiger partial charge in [-0.3, -0.25) is 4.90 Å². The maximum atomic E-state index is 9.45. The third-order valence-electron chi connectivity index (χ3n) is 5.38. The Morgan fingerprint density at radius 2 is 2.00 bits per heavy atom. The normalized spacial score (nSPS) is 36.9. The van der Waals surface area contributed by atoms with Gasteiger partial charge in [0.15, 0.2) is 0 Å². The van der Waals surface area contributed by atoms with Crippen molar-refractivity contribution in [2.24, 2.45) is 17.8 Å². The zero-order chi connectivity index (χ0) is 13.7. The molecule has 2 aliphatic rings. The van der Waals surface area contributed by atoms with E-state index < -0.39 is 0 Å². The zero-order valence-corrected chi connectivity index (χ0v) is 12.8. The van der Waals surface area contributed by atoms with Crippen LogP contribution in [-0.2, 0) is 0 Å². The van der Waals surface area contributed by atoms with Crippen LogP contribution in [0.3, 0.4) is 0 Å². The van der Waals surface area contributed by atoms with Gasteiger partial charge in [0.1, 0.15) is 0 Å². The molecule has 4 unspecified atom stereocenters. The number of rotatable bonds is 4. The van der Waals surface area contributed by atoms with Gasteiger partial charge in [-0.2, -0.15) is 5.26 Å². The van der Waals surface area contributed by atoms with Gasteiger partial charge in [-0.15, -0.1) is 0 Å². The molecular formula is C17H30N2. The first-order valence-electron chi connectivity index (χ1n) is 8.42. The molecule has 0 bridgehead atoms. The highest BCUT2D eigenvalue weighted by molar-refractivity contribution is 4.98. The molecule has 0 amide bonds. The largest absolute Gasteiger partial charge is 0.299 e. The van der Waals surface area contributed by atoms with Crippen molar-refractivity contribution in [3.63, 3.8) is 0 Å². The molecule has 1 aliphatic heterocycles. The van der Waals surface area contributed by atoms with Gasteiger partial charge in [0.05, 0.1) is 12.0 Å². The smallest absolute Gasteiger partial charge is 0.0672 e. The van der Waals surface area contributed by atoms with Gasteiger partial charge in [0.25, 0.3) is 0 Å². The van der Waals surface area contributed by atoms with Crippen LogP contribution in [0.15, 0.2) is 0 Å². The first kappa shape index (κ1) is 14.9. The SMILES string of the molecule is CCCC1CCC(C#N)C(N2CCCC(CC)C2)C1. The molecule has 2 heteroatoms. The Bertz CT molecular complexity index is 307. The molecule has 0 N–H and O–H groups in total. The molecule has 1 saturated heterocycles. The molecule has 0 aromatic rings. The number of piperidine rings is 1. The molecule has 1 saturated carbocycles. The van der Waals surface area contributed by atoms with E-state index in [1.807, 2.05) is 0 Å². The fourth-order valence-electron chi connectivity index (χ4n) is 4.19. The Morgan fingerprint density at radius 3 is 2.68 bits per heavy atom. The first-order valence-corrected chi connectivity index (χ1v) is 8.42. The minimum Gasteiger partial charge on any atom is -0.299 e. The Morgan fingerprint density at radius 1 is 1.16 bits per heavy atom. The zero-order valence-electron chi connectivity index (χ0n) is 12.8. The van der Waals surface area contributed by atoms with E-state index in [2.05, 4.69) is 24.8 Å². The number of nitrogens with zero attached hydrogens (tertiary/aromatic N) is 2. The van der Waals surface area contributed by atoms with E-state index in [1.165, 1.54) is 58.0 Å². The summed E-state index contributed by atoms with van der Waals surface area (Å²) in [5, 5.41) is 9.45. The van der Waals surface area contributed by atoms with Crippen LogP contribution in [0, 0.1) is 29.1 Å². The third-order valence-corrected chi connectivity index (χ3v) is 5.38. The lowest BCUT2D eigenvalue weighted by Gasteiger charge is -2.44. The highest BCUT2D eigenvalue weighted by Crippen LogP contribution is 2.36. The second-order valence-corrected chi connectivity index (χ2v) is 6.68. The molecule has 108 valence electrons. The molecule has 2 fully saturated rings. The minimum absolute atomic E-state index is 0.295. The molecular weight excluding hydrogens is 232 g/mol. The standard InChI is InChI=1S/C17H30N2/c1-3-6-15-8-9-16(12-18)17(11-15)19-10-5-7-14(4-2)13-19/h14-17H,3-11,13H2,1-2H3. The van der Waals surface area contributed by atoms with E-state index in [0.717, 1.165) is 18.3 Å². The van der Waals surface area contributed by atoms with Crippen LogP contribution >= 0.6 is 0 Å². The molecule has 1 aliphatic carbocycles. The van der Waals surface area contributed by atoms with Crippen LogP contribution in [0.5, 0.6) is 0 Å². The van der Waals surface area contributed by atoms with E-state index in [0.29, 0.717) is 12.0 Å². The van der Waals surface area contributed by atoms with Crippen molar-refractivity contribution in [1.29, 1.82) is 5.26 Å². The van der Waals surface area contributed by atoms with Crippen molar-refractivity contribution < 1.29 is 0 Å². The molecule has 0 spiro atoms. The topological polar surface area (TPSA) is 27.0 Å². The Balaban J connectivity index is 1.99. The van der Waals surface area contributed by atoms with Gasteiger partial charge in [-0.05, 0) is 50.5 Å². The lowest BCUT2D eigenvalue weighted by Crippen LogP contribution is -2.48. The predicted octanol–water partition coefficient (Wildman–Crippen LogP) is 4.22. The van der Waals surface area contributed by atoms with Gasteiger partial charge in [-0.25, -0.2) is 0 Å². The van der Waals surface area contributed by atoms with Crippen molar-refractivity contribution in [2.75, 3.05) is 13.1 Å². The van der Waals surface area contributed by atoms with Crippen molar-refractivity contribution in [3.8, 4) is 6.07 Å². The van der Waals surface area contributed by atoms with Gasteiger partial charge in [-0.1, -0.05) is 33.1 Å². The van der Waals surface area contributed by atoms with E-state index in [-0.39, 0.29) is 0 Å². The summed E-state index contributed by atoms with van der Waals surface area (Å²) < 4.78 is 0. The van der Waals surface area contributed by atoms with E-state index in [1.54, 1.807) is 0 Å². The summed E-state index contributed by atoms with van der Waals surface area (Å²) >= 11 is 0. The van der Waals surface area contributed by atoms with Gasteiger partial charge in [0.2, 0.25) is 0 Å². The predicted molar refractivity (Wildman–Crippen MR) is 79.7 cm³/mol. The molecule has 1 heterocycles. The number of nitriles is 1. The lowest BCUT2D eigenvalue weighted by molar-refractivity contribution is 0.0582. The monoisotopic (exact) mass is 262 g/mol. The van der Waals surface area contributed by atoms with Crippen LogP contribution in [-0.4, -0.2) is 24.0 Å². The summed E-state index contributed by atoms with van der Waals surface area (Å²) in [6.07, 6.45) is 10.4. The average molecular weight is 262 g/mol. The summed E-state index contributed by atoms with van der Waals surface area (Å²) in [7, 11) is 0. The Labute approximate surface area is 119 Å². The van der Waals surface area contributed by atoms with E-state index >= 15 is 0 Å². The molecule has 2 rings (SSSR count). The average Bonchev–Trinajstić information content (AvgIpc) is 2.47. The lowest BCUT2D eigenvalue weighted by atomic mass is 9.75. The summed E-state index contributed by atoms with van der Waals surface area (Å²) in [6, 6.07) is 3.16. The number of likely N-dealkylation sites (tertiary alicyclic amines) is 1. The summed E-state index contributed by atoms with van der Waals surface area (Å²) in [6.45, 7) is 7.09. The van der Waals surface area contributed by atoms with Crippen molar-refractivity contribution in [3.05, 3.63) is 0 Å². The summed E-state index contributed by atoms with van der Waals surface area (Å²) in [4.78, 5) is 2.67. The molecule has 0 aromatic heterocycles. The Hall–Kier alpha value is -0.550. The quantitative estimate of drug-likeness (QED) is 0.758. The second kappa shape index (κ2) is 7.29. The second-order valence-electron chi connectivity index (χ2n) is 6.68. The van der Waals surface area contributed by atoms with Gasteiger partial charge >= 0.3 is 0 Å². The van der Waals surface area contributed by atoms with Gasteiger partial charge < -0.3 is 0 Å². The van der Waals surface area contributed by atoms with Crippen LogP contribution in [0.25, 0.3) is 0 Å². The first-order chi connectivity index (χ1) is 9.28. The fourth-order valence-corrected chi connectivity index (χ4v) is 4.19. The van der Waals surface area contributed by atoms with Crippen LogP contribution in [0.2, 0.25) is 0 Å². The highest BCUT2D eigenvalue weighted by Gasteiger charge is 2.35. The van der Waals surface area contributed by atoms with Crippen LogP contribution < -0.4 is 0 Å². The third kappa shape index (κ3) is 3.72. The molecule has 2 nitrogen and oxygen atoms in total. The summed E-state index contributed by atoms with van der Waals surface area (Å²) in [5.74, 6) is 2.05. The molecule has 19 heavy (non-hydrogen) atoms. The van der Waals surface area contributed by atoms with Crippen LogP contribution in [0.4, 0.5) is 0 Å². The van der Waals surface area contributed by atoms with Gasteiger partial charge in [0, 0.05) is 12.6 Å². The van der Waals surface area contributed by atoms with Crippen molar-refractivity contribution in [1.82, 2.24) is 4.90 Å². The number of hydrogen-bond donors (Lipinski definition) is 0. The molecule has 4 atom stereocenters. The fraction of sp³-hybridized carbons (Fsp3) is 0.941. The highest BCUT2D eigenvalue weighted by atomic mass is 15.2. The molecule has 0 radical (unpaired) electrons. The minimum atomic E-state index is 0.295. The number of hydrogen-bond acceptors (Lipinski definition) is 2. The van der Waals surface area contributed by atoms with E-state index in [9.17, 15) is 5.26 Å². The van der Waals surface area contributed by atoms with Crippen molar-refractivity contribution >= 4 is 0 Å². The maximum Gasteiger partial charge on any atom is 0.0672 e. The van der Waals surface area contributed by atoms with E-state index in [4.69, 9.17) is 0 Å². The van der Waals surface area contributed by atoms with Crippen LogP contribution in [0.1, 0.15) is 65.2 Å².